The summed E-state index contributed by atoms with van der Waals surface area (Å²) in [6.07, 6.45) is 4.52. The summed E-state index contributed by atoms with van der Waals surface area (Å²) in [6.45, 7) is 8.26. The molecule has 0 aliphatic carbocycles. The lowest BCUT2D eigenvalue weighted by Crippen LogP contribution is -2.63. The normalized spacial score (nSPS) is 29.3. The summed E-state index contributed by atoms with van der Waals surface area (Å²) in [5, 5.41) is 22.7. The van der Waals surface area contributed by atoms with E-state index in [-0.39, 0.29) is 43.0 Å². The monoisotopic (exact) mass is 535 g/mol. The van der Waals surface area contributed by atoms with Crippen LogP contribution in [-0.2, 0) is 19.1 Å². The Labute approximate surface area is 228 Å². The van der Waals surface area contributed by atoms with Crippen LogP contribution in [0.2, 0.25) is 0 Å². The maximum Gasteiger partial charge on any atom is 0.335 e. The van der Waals surface area contributed by atoms with Crippen LogP contribution in [0, 0.1) is 24.2 Å². The van der Waals surface area contributed by atoms with Gasteiger partial charge >= 0.3 is 5.97 Å². The molecule has 4 heterocycles. The number of nitrogens with zero attached hydrogens (tertiary/aromatic N) is 4. The lowest BCUT2D eigenvalue weighted by Gasteiger charge is -2.47. The SMILES string of the molecule is Cc1cc(NC2NN([C@]3(CC#N)CC[C@@H](C(=O)OC(C)(C)C)OC3)C3CCNC(=O)C23)ccc1-n1cccn1. The number of carbonyl (C=O) groups excluding carboxylic acids is 2. The van der Waals surface area contributed by atoms with Gasteiger partial charge in [-0.05, 0) is 76.8 Å². The molecule has 0 saturated carbocycles. The predicted octanol–water partition coefficient (Wildman–Crippen LogP) is 2.42. The van der Waals surface area contributed by atoms with E-state index >= 15 is 0 Å². The van der Waals surface area contributed by atoms with Crippen LogP contribution in [0.15, 0.2) is 36.7 Å². The van der Waals surface area contributed by atoms with Crippen molar-refractivity contribution in [3.8, 4) is 11.8 Å². The molecule has 208 valence electrons. The molecule has 3 saturated heterocycles. The number of ether oxygens (including phenoxy) is 2. The lowest BCUT2D eigenvalue weighted by molar-refractivity contribution is -0.180. The van der Waals surface area contributed by atoms with E-state index in [0.717, 1.165) is 23.4 Å². The number of benzene rings is 1. The highest BCUT2D eigenvalue weighted by molar-refractivity contribution is 5.82. The molecule has 3 aliphatic heterocycles. The topological polar surface area (TPSA) is 134 Å². The van der Waals surface area contributed by atoms with Gasteiger partial charge in [0.2, 0.25) is 5.91 Å². The van der Waals surface area contributed by atoms with E-state index in [1.807, 2.05) is 62.8 Å². The molecule has 39 heavy (non-hydrogen) atoms. The van der Waals surface area contributed by atoms with Crippen LogP contribution < -0.4 is 16.1 Å². The van der Waals surface area contributed by atoms with Crippen molar-refractivity contribution in [1.82, 2.24) is 25.5 Å². The summed E-state index contributed by atoms with van der Waals surface area (Å²) in [4.78, 5) is 25.8. The van der Waals surface area contributed by atoms with Crippen molar-refractivity contribution in [2.45, 2.75) is 82.8 Å². The van der Waals surface area contributed by atoms with Gasteiger partial charge in [0.05, 0.1) is 36.2 Å². The second-order valence-corrected chi connectivity index (χ2v) is 11.7. The minimum atomic E-state index is -0.676. The standard InChI is InChI=1S/C28H37N7O4/c1-18-16-19(6-7-20(18)34-15-5-13-31-34)32-24-23-21(9-14-30-25(23)36)35(33-24)28(11-12-29)10-8-22(38-17-28)26(37)39-27(2,3)4/h5-7,13,15-16,21-24,32-33H,8-11,14,17H2,1-4H3,(H,30,36)/t21?,22-,23?,24?,28-/m0/s1. The molecule has 0 spiro atoms. The summed E-state index contributed by atoms with van der Waals surface area (Å²) >= 11 is 0. The van der Waals surface area contributed by atoms with Crippen molar-refractivity contribution in [2.75, 3.05) is 18.5 Å². The van der Waals surface area contributed by atoms with E-state index in [0.29, 0.717) is 19.4 Å². The first-order valence-corrected chi connectivity index (χ1v) is 13.5. The maximum atomic E-state index is 13.1. The number of carbonyl (C=O) groups is 2. The van der Waals surface area contributed by atoms with Crippen molar-refractivity contribution in [3.05, 3.63) is 42.2 Å². The quantitative estimate of drug-likeness (QED) is 0.477. The number of nitriles is 1. The van der Waals surface area contributed by atoms with Crippen molar-refractivity contribution < 1.29 is 19.1 Å². The molecule has 1 aromatic carbocycles. The van der Waals surface area contributed by atoms with Crippen molar-refractivity contribution in [3.63, 3.8) is 0 Å². The van der Waals surface area contributed by atoms with Gasteiger partial charge in [0.15, 0.2) is 6.10 Å². The molecule has 5 rings (SSSR count). The fraction of sp³-hybridized carbons (Fsp3) is 0.571. The third-order valence-corrected chi connectivity index (χ3v) is 7.71. The third kappa shape index (κ3) is 5.50. The highest BCUT2D eigenvalue weighted by atomic mass is 16.6. The van der Waals surface area contributed by atoms with Crippen molar-refractivity contribution in [2.24, 2.45) is 5.92 Å². The van der Waals surface area contributed by atoms with Gasteiger partial charge in [-0.25, -0.2) is 19.9 Å². The number of aromatic nitrogens is 2. The minimum Gasteiger partial charge on any atom is -0.458 e. The number of hydrogen-bond acceptors (Lipinski definition) is 9. The molecule has 3 fully saturated rings. The van der Waals surface area contributed by atoms with Crippen LogP contribution in [0.3, 0.4) is 0 Å². The number of hydrogen-bond donors (Lipinski definition) is 3. The van der Waals surface area contributed by atoms with E-state index < -0.39 is 17.2 Å². The molecule has 11 nitrogen and oxygen atoms in total. The molecule has 11 heteroatoms. The van der Waals surface area contributed by atoms with Gasteiger partial charge in [-0.2, -0.15) is 10.4 Å². The highest BCUT2D eigenvalue weighted by Gasteiger charge is 2.56. The molecule has 1 amide bonds. The number of fused-ring (bicyclic) bond motifs is 1. The zero-order valence-corrected chi connectivity index (χ0v) is 22.9. The fourth-order valence-corrected chi connectivity index (χ4v) is 5.93. The second kappa shape index (κ2) is 10.6. The number of aryl methyl sites for hydroxylation is 1. The maximum absolute atomic E-state index is 13.1. The highest BCUT2D eigenvalue weighted by Crippen LogP contribution is 2.40. The molecule has 2 aromatic rings. The molecule has 3 aliphatic rings. The zero-order valence-electron chi connectivity index (χ0n) is 22.9. The van der Waals surface area contributed by atoms with Crippen LogP contribution in [0.4, 0.5) is 5.69 Å². The Kier molecular flexibility index (Phi) is 7.37. The summed E-state index contributed by atoms with van der Waals surface area (Å²) in [7, 11) is 0. The Balaban J connectivity index is 1.36. The average molecular weight is 536 g/mol. The van der Waals surface area contributed by atoms with Crippen LogP contribution in [-0.4, -0.2) is 69.3 Å². The molecule has 3 unspecified atom stereocenters. The van der Waals surface area contributed by atoms with Gasteiger partial charge < -0.3 is 20.1 Å². The Morgan fingerprint density at radius 3 is 2.82 bits per heavy atom. The number of hydrazine groups is 1. The number of anilines is 1. The summed E-state index contributed by atoms with van der Waals surface area (Å²) < 4.78 is 13.4. The van der Waals surface area contributed by atoms with Gasteiger partial charge in [0, 0.05) is 30.7 Å². The Hall–Kier alpha value is -3.46. The van der Waals surface area contributed by atoms with Gasteiger partial charge in [0.1, 0.15) is 11.8 Å². The Bertz CT molecular complexity index is 1240. The van der Waals surface area contributed by atoms with Crippen LogP contribution in [0.25, 0.3) is 5.69 Å². The number of piperidine rings is 1. The Morgan fingerprint density at radius 2 is 2.18 bits per heavy atom. The number of rotatable bonds is 6. The lowest BCUT2D eigenvalue weighted by atomic mass is 9.83. The van der Waals surface area contributed by atoms with E-state index in [1.165, 1.54) is 0 Å². The number of amides is 1. The molecule has 0 radical (unpaired) electrons. The van der Waals surface area contributed by atoms with Gasteiger partial charge in [-0.3, -0.25) is 4.79 Å². The molecule has 5 atom stereocenters. The van der Waals surface area contributed by atoms with E-state index in [2.05, 4.69) is 32.2 Å². The summed E-state index contributed by atoms with van der Waals surface area (Å²) in [6, 6.07) is 10.1. The van der Waals surface area contributed by atoms with Crippen LogP contribution >= 0.6 is 0 Å². The number of esters is 1. The van der Waals surface area contributed by atoms with Gasteiger partial charge in [0.25, 0.3) is 0 Å². The molecule has 0 bridgehead atoms. The molecule has 3 N–H and O–H groups in total. The van der Waals surface area contributed by atoms with E-state index in [9.17, 15) is 14.9 Å². The Morgan fingerprint density at radius 1 is 1.36 bits per heavy atom. The second-order valence-electron chi connectivity index (χ2n) is 11.7. The average Bonchev–Trinajstić information content (AvgIpc) is 3.53. The van der Waals surface area contributed by atoms with Crippen molar-refractivity contribution >= 4 is 17.6 Å². The zero-order chi connectivity index (χ0) is 27.8. The molecular weight excluding hydrogens is 498 g/mol. The van der Waals surface area contributed by atoms with E-state index in [4.69, 9.17) is 9.47 Å². The summed E-state index contributed by atoms with van der Waals surface area (Å²) in [5.41, 5.74) is 5.16. The number of nitrogens with one attached hydrogen (secondary N) is 3. The van der Waals surface area contributed by atoms with Crippen LogP contribution in [0.1, 0.15) is 52.0 Å². The third-order valence-electron chi connectivity index (χ3n) is 7.71. The molecular formula is C28H37N7O4. The largest absolute Gasteiger partial charge is 0.458 e. The fourth-order valence-electron chi connectivity index (χ4n) is 5.93. The molecule has 1 aromatic heterocycles. The first-order chi connectivity index (χ1) is 18.6. The first-order valence-electron chi connectivity index (χ1n) is 13.5. The predicted molar refractivity (Wildman–Crippen MR) is 143 cm³/mol. The first kappa shape index (κ1) is 27.1. The van der Waals surface area contributed by atoms with E-state index in [1.54, 1.807) is 6.20 Å². The smallest absolute Gasteiger partial charge is 0.335 e. The van der Waals surface area contributed by atoms with Crippen LogP contribution in [0.5, 0.6) is 0 Å². The van der Waals surface area contributed by atoms with Gasteiger partial charge in [-0.15, -0.1) is 0 Å². The summed E-state index contributed by atoms with van der Waals surface area (Å²) in [5.74, 6) is -0.783. The van der Waals surface area contributed by atoms with Gasteiger partial charge in [-0.1, -0.05) is 0 Å². The van der Waals surface area contributed by atoms with Crippen molar-refractivity contribution in [1.29, 1.82) is 5.26 Å². The minimum absolute atomic E-state index is 0.0286.